The van der Waals surface area contributed by atoms with Gasteiger partial charge in [0.2, 0.25) is 6.20 Å². The van der Waals surface area contributed by atoms with Crippen LogP contribution in [0.5, 0.6) is 0 Å². The first-order chi connectivity index (χ1) is 13.8. The highest BCUT2D eigenvalue weighted by Gasteiger charge is 2.18. The normalized spacial score (nSPS) is 13.0. The van der Waals surface area contributed by atoms with Crippen LogP contribution in [-0.2, 0) is 0 Å². The molecule has 0 aliphatic rings. The lowest BCUT2D eigenvalue weighted by Crippen LogP contribution is -2.41. The van der Waals surface area contributed by atoms with Crippen molar-refractivity contribution in [3.05, 3.63) is 59.8 Å². The first-order valence-corrected chi connectivity index (χ1v) is 9.31. The van der Waals surface area contributed by atoms with E-state index in [0.29, 0.717) is 22.9 Å². The molecule has 0 aliphatic carbocycles. The number of hydrogen-bond donors (Lipinski definition) is 5. The zero-order valence-corrected chi connectivity index (χ0v) is 17.6. The maximum atomic E-state index is 8.05. The molecule has 2 rings (SSSR count). The first kappa shape index (κ1) is 21.7. The van der Waals surface area contributed by atoms with E-state index in [1.807, 2.05) is 38.2 Å². The van der Waals surface area contributed by atoms with E-state index in [0.717, 1.165) is 22.2 Å². The van der Waals surface area contributed by atoms with Crippen LogP contribution in [0.3, 0.4) is 0 Å². The van der Waals surface area contributed by atoms with Crippen molar-refractivity contribution in [2.24, 2.45) is 17.4 Å². The van der Waals surface area contributed by atoms with Gasteiger partial charge in [-0.05, 0) is 42.8 Å². The third-order valence-electron chi connectivity index (χ3n) is 4.34. The third kappa shape index (κ3) is 5.25. The van der Waals surface area contributed by atoms with Crippen molar-refractivity contribution in [3.63, 3.8) is 0 Å². The number of anilines is 1. The van der Waals surface area contributed by atoms with Gasteiger partial charge in [-0.2, -0.15) is 0 Å². The van der Waals surface area contributed by atoms with E-state index in [9.17, 15) is 0 Å². The van der Waals surface area contributed by atoms with E-state index < -0.39 is 0 Å². The number of allylic oxidation sites excluding steroid dienone is 3. The molecule has 0 fully saturated rings. The molecule has 8 heteroatoms. The standard InChI is InChI=1S/C21H29N7O/c1-13(2)15(10-22)9-20(24)27-21-7-6-19-18(26-21)8-16(12-28(19)29-5)17(11-25-4)14(3)23/h6-13,22,26H,1-5H3,(H4,23,24,25,27)/p+1. The Labute approximate surface area is 171 Å². The number of rotatable bonds is 8. The molecule has 2 aromatic heterocycles. The predicted octanol–water partition coefficient (Wildman–Crippen LogP) is 1.89. The molecule has 29 heavy (non-hydrogen) atoms. The van der Waals surface area contributed by atoms with Gasteiger partial charge in [-0.15, -0.1) is 0 Å². The monoisotopic (exact) mass is 396 g/mol. The smallest absolute Gasteiger partial charge is 0.283 e. The summed E-state index contributed by atoms with van der Waals surface area (Å²) in [7, 11) is 3.38. The molecule has 0 amide bonds. The Balaban J connectivity index is 2.50. The molecular weight excluding hydrogens is 366 g/mol. The topological polar surface area (TPSA) is 126 Å². The van der Waals surface area contributed by atoms with Crippen molar-refractivity contribution in [1.82, 2.24) is 10.3 Å². The molecule has 2 heterocycles. The summed E-state index contributed by atoms with van der Waals surface area (Å²) in [6, 6.07) is 5.63. The largest absolute Gasteiger partial charge is 0.404 e. The van der Waals surface area contributed by atoms with Gasteiger partial charge in [0.05, 0.1) is 5.56 Å². The van der Waals surface area contributed by atoms with Gasteiger partial charge in [-0.25, -0.2) is 4.98 Å². The van der Waals surface area contributed by atoms with E-state index in [1.165, 1.54) is 0 Å². The molecule has 0 bridgehead atoms. The zero-order valence-electron chi connectivity index (χ0n) is 17.6. The fourth-order valence-corrected chi connectivity index (χ4v) is 2.83. The van der Waals surface area contributed by atoms with Crippen LogP contribution in [0, 0.1) is 11.3 Å². The molecular formula is C21H30N7O+. The summed E-state index contributed by atoms with van der Waals surface area (Å²) < 4.78 is 1.63. The van der Waals surface area contributed by atoms with Crippen molar-refractivity contribution in [2.75, 3.05) is 19.5 Å². The Kier molecular flexibility index (Phi) is 7.19. The van der Waals surface area contributed by atoms with Crippen molar-refractivity contribution in [1.29, 1.82) is 5.41 Å². The van der Waals surface area contributed by atoms with Gasteiger partial charge in [0.15, 0.2) is 0 Å². The third-order valence-corrected chi connectivity index (χ3v) is 4.34. The second kappa shape index (κ2) is 9.59. The molecule has 0 aromatic carbocycles. The minimum Gasteiger partial charge on any atom is -0.404 e. The van der Waals surface area contributed by atoms with E-state index in [2.05, 4.69) is 15.6 Å². The number of nitrogens with zero attached hydrogens (tertiary/aromatic N) is 2. The molecule has 0 radical (unpaired) electrons. The average Bonchev–Trinajstić information content (AvgIpc) is 2.68. The summed E-state index contributed by atoms with van der Waals surface area (Å²) in [5.41, 5.74) is 16.2. The lowest BCUT2D eigenvalue weighted by atomic mass is 10.0. The summed E-state index contributed by atoms with van der Waals surface area (Å²) in [5.74, 6) is 1.30. The van der Waals surface area contributed by atoms with Crippen LogP contribution in [0.1, 0.15) is 26.3 Å². The summed E-state index contributed by atoms with van der Waals surface area (Å²) in [6.45, 7) is 5.82. The van der Waals surface area contributed by atoms with Crippen LogP contribution < -0.4 is 31.7 Å². The molecule has 0 atom stereocenters. The van der Waals surface area contributed by atoms with Gasteiger partial charge < -0.3 is 27.5 Å². The maximum Gasteiger partial charge on any atom is 0.283 e. The molecule has 154 valence electrons. The first-order valence-electron chi connectivity index (χ1n) is 9.31. The number of fused-ring (bicyclic) bond motifs is 1. The Hall–Kier alpha value is -3.55. The van der Waals surface area contributed by atoms with Crippen LogP contribution in [0.15, 0.2) is 54.3 Å². The molecule has 0 aliphatic heterocycles. The van der Waals surface area contributed by atoms with E-state index in [-0.39, 0.29) is 5.92 Å². The van der Waals surface area contributed by atoms with Crippen LogP contribution in [0.4, 0.5) is 5.82 Å². The second-order valence-electron chi connectivity index (χ2n) is 6.86. The van der Waals surface area contributed by atoms with Crippen molar-refractivity contribution >= 4 is 28.1 Å². The molecule has 7 N–H and O–H groups in total. The van der Waals surface area contributed by atoms with Gasteiger partial charge in [-0.3, -0.25) is 4.84 Å². The van der Waals surface area contributed by atoms with Crippen molar-refractivity contribution in [2.45, 2.75) is 20.8 Å². The quantitative estimate of drug-likeness (QED) is 0.264. The number of hydrogen-bond acceptors (Lipinski definition) is 7. The number of aromatic nitrogens is 2. The van der Waals surface area contributed by atoms with Crippen LogP contribution in [-0.4, -0.2) is 24.9 Å². The molecule has 2 aromatic rings. The van der Waals surface area contributed by atoms with E-state index in [1.54, 1.807) is 44.3 Å². The van der Waals surface area contributed by atoms with E-state index in [4.69, 9.17) is 21.7 Å². The Morgan fingerprint density at radius 1 is 1.34 bits per heavy atom. The van der Waals surface area contributed by atoms with Gasteiger partial charge in [-0.1, -0.05) is 13.8 Å². The lowest BCUT2D eigenvalue weighted by Gasteiger charge is -2.10. The number of nitrogens with one attached hydrogen (secondary N) is 3. The molecule has 8 nitrogen and oxygen atoms in total. The zero-order chi connectivity index (χ0) is 21.6. The maximum absolute atomic E-state index is 8.05. The van der Waals surface area contributed by atoms with E-state index >= 15 is 0 Å². The highest BCUT2D eigenvalue weighted by Crippen LogP contribution is 2.20. The van der Waals surface area contributed by atoms with Crippen LogP contribution >= 0.6 is 0 Å². The highest BCUT2D eigenvalue weighted by molar-refractivity contribution is 6.21. The predicted molar refractivity (Wildman–Crippen MR) is 118 cm³/mol. The SMILES string of the molecule is CN/C=C(\C(C)=N)c1cc2nc(N/C(N)=C/C(=C\N)C(C)C)ccc2[n+](OC)c1. The summed E-state index contributed by atoms with van der Waals surface area (Å²) >= 11 is 0. The summed E-state index contributed by atoms with van der Waals surface area (Å²) in [5, 5.41) is 14.1. The van der Waals surface area contributed by atoms with Gasteiger partial charge >= 0.3 is 0 Å². The Morgan fingerprint density at radius 2 is 2.07 bits per heavy atom. The fraction of sp³-hybridized carbons (Fsp3) is 0.286. The lowest BCUT2D eigenvalue weighted by molar-refractivity contribution is -0.865. The Bertz CT molecular complexity index is 990. The number of nitrogens with two attached hydrogens (primary N) is 2. The summed E-state index contributed by atoms with van der Waals surface area (Å²) in [6.07, 6.45) is 6.96. The molecule has 0 unspecified atom stereocenters. The molecule has 0 spiro atoms. The minimum absolute atomic E-state index is 0.259. The van der Waals surface area contributed by atoms with Crippen LogP contribution in [0.2, 0.25) is 0 Å². The molecule has 0 saturated heterocycles. The molecule has 0 saturated carbocycles. The van der Waals surface area contributed by atoms with Crippen molar-refractivity contribution < 1.29 is 9.57 Å². The van der Waals surface area contributed by atoms with Crippen molar-refractivity contribution in [3.8, 4) is 0 Å². The fourth-order valence-electron chi connectivity index (χ4n) is 2.83. The van der Waals surface area contributed by atoms with Crippen LogP contribution in [0.25, 0.3) is 16.6 Å². The highest BCUT2D eigenvalue weighted by atomic mass is 16.6. The van der Waals surface area contributed by atoms with Gasteiger partial charge in [0.25, 0.3) is 5.52 Å². The Morgan fingerprint density at radius 3 is 2.62 bits per heavy atom. The minimum atomic E-state index is 0.259. The van der Waals surface area contributed by atoms with Gasteiger partial charge in [0, 0.05) is 35.3 Å². The summed E-state index contributed by atoms with van der Waals surface area (Å²) in [4.78, 5) is 10.1. The second-order valence-corrected chi connectivity index (χ2v) is 6.86. The number of pyridine rings is 2. The average molecular weight is 397 g/mol. The van der Waals surface area contributed by atoms with Gasteiger partial charge in [0.1, 0.15) is 24.3 Å².